The van der Waals surface area contributed by atoms with E-state index in [-0.39, 0.29) is 17.4 Å². The topological polar surface area (TPSA) is 134 Å². The molecule has 0 spiro atoms. The van der Waals surface area contributed by atoms with Crippen LogP contribution in [0.3, 0.4) is 0 Å². The predicted octanol–water partition coefficient (Wildman–Crippen LogP) is 4.10. The zero-order chi connectivity index (χ0) is 24.1. The van der Waals surface area contributed by atoms with Crippen molar-refractivity contribution in [2.24, 2.45) is 5.92 Å². The Bertz CT molecular complexity index is 1180. The molecular formula is C22H20F2N4O5. The first kappa shape index (κ1) is 23.4. The van der Waals surface area contributed by atoms with Gasteiger partial charge in [-0.25, -0.2) is 18.4 Å². The number of aromatic nitrogens is 1. The van der Waals surface area contributed by atoms with Crippen LogP contribution in [-0.4, -0.2) is 34.2 Å². The maximum absolute atomic E-state index is 13.6. The van der Waals surface area contributed by atoms with Crippen molar-refractivity contribution in [3.63, 3.8) is 0 Å². The second kappa shape index (κ2) is 9.90. The second-order valence-corrected chi connectivity index (χ2v) is 7.39. The van der Waals surface area contributed by atoms with Gasteiger partial charge in [-0.05, 0) is 30.2 Å². The zero-order valence-corrected chi connectivity index (χ0v) is 17.6. The lowest BCUT2D eigenvalue weighted by atomic mass is 10.0. The van der Waals surface area contributed by atoms with Crippen molar-refractivity contribution in [3.05, 3.63) is 65.9 Å². The molecule has 11 heteroatoms. The number of urea groups is 1. The number of anilines is 2. The minimum atomic E-state index is -1.16. The van der Waals surface area contributed by atoms with E-state index in [1.54, 1.807) is 26.0 Å². The fourth-order valence-electron chi connectivity index (χ4n) is 2.85. The van der Waals surface area contributed by atoms with Crippen molar-refractivity contribution in [1.29, 1.82) is 0 Å². The fourth-order valence-corrected chi connectivity index (χ4v) is 2.85. The standard InChI is InChI=1S/C22H20F2N4O5/c1-11(2)19(21(30)31)27-20(29)18-10-16(28-33-18)12-3-6-14(7-4-12)25-22(32)26-17-9-13(23)5-8-15(17)24/h3-11,19H,1-2H3,(H,27,29)(H,30,31)(H2,25,26,32)/t19-/m0/s1. The van der Waals surface area contributed by atoms with Crippen LogP contribution in [0.4, 0.5) is 25.0 Å². The molecule has 0 bridgehead atoms. The Kier molecular flexibility index (Phi) is 7.01. The molecule has 0 unspecified atom stereocenters. The van der Waals surface area contributed by atoms with E-state index in [1.807, 2.05) is 0 Å². The van der Waals surface area contributed by atoms with E-state index in [4.69, 9.17) is 4.52 Å². The molecule has 1 atom stereocenters. The number of benzene rings is 2. The molecule has 0 radical (unpaired) electrons. The van der Waals surface area contributed by atoms with Crippen LogP contribution in [0.15, 0.2) is 53.1 Å². The quantitative estimate of drug-likeness (QED) is 0.421. The summed E-state index contributed by atoms with van der Waals surface area (Å²) >= 11 is 0. The Balaban J connectivity index is 1.64. The van der Waals surface area contributed by atoms with Gasteiger partial charge in [0.05, 0.1) is 5.69 Å². The largest absolute Gasteiger partial charge is 0.480 e. The fraction of sp³-hybridized carbons (Fsp3) is 0.182. The number of carbonyl (C=O) groups is 3. The van der Waals surface area contributed by atoms with E-state index in [0.717, 1.165) is 18.2 Å². The molecule has 2 aromatic carbocycles. The van der Waals surface area contributed by atoms with Gasteiger partial charge in [0.1, 0.15) is 23.4 Å². The van der Waals surface area contributed by atoms with Crippen LogP contribution >= 0.6 is 0 Å². The van der Waals surface area contributed by atoms with Gasteiger partial charge in [-0.15, -0.1) is 0 Å². The van der Waals surface area contributed by atoms with E-state index in [9.17, 15) is 28.3 Å². The summed E-state index contributed by atoms with van der Waals surface area (Å²) in [5.74, 6) is -3.84. The van der Waals surface area contributed by atoms with E-state index in [1.165, 1.54) is 18.2 Å². The first-order chi connectivity index (χ1) is 15.6. The van der Waals surface area contributed by atoms with E-state index in [0.29, 0.717) is 16.9 Å². The molecule has 3 amide bonds. The third-order valence-corrected chi connectivity index (χ3v) is 4.57. The summed E-state index contributed by atoms with van der Waals surface area (Å²) in [7, 11) is 0. The first-order valence-electron chi connectivity index (χ1n) is 9.78. The molecule has 9 nitrogen and oxygen atoms in total. The van der Waals surface area contributed by atoms with Crippen molar-refractivity contribution in [3.8, 4) is 11.3 Å². The Labute approximate surface area is 186 Å². The summed E-state index contributed by atoms with van der Waals surface area (Å²) in [6, 6.07) is 8.44. The van der Waals surface area contributed by atoms with Gasteiger partial charge in [0.15, 0.2) is 0 Å². The lowest BCUT2D eigenvalue weighted by molar-refractivity contribution is -0.140. The normalized spacial score (nSPS) is 11.7. The SMILES string of the molecule is CC(C)[C@H](NC(=O)c1cc(-c2ccc(NC(=O)Nc3cc(F)ccc3F)cc2)no1)C(=O)O. The molecular weight excluding hydrogens is 438 g/mol. The highest BCUT2D eigenvalue weighted by Crippen LogP contribution is 2.22. The molecule has 3 aromatic rings. The van der Waals surface area contributed by atoms with E-state index >= 15 is 0 Å². The number of hydrogen-bond donors (Lipinski definition) is 4. The van der Waals surface area contributed by atoms with Gasteiger partial charge < -0.3 is 25.6 Å². The molecule has 0 saturated carbocycles. The molecule has 0 aliphatic heterocycles. The Morgan fingerprint density at radius 1 is 1.00 bits per heavy atom. The zero-order valence-electron chi connectivity index (χ0n) is 17.6. The molecule has 0 aliphatic rings. The highest BCUT2D eigenvalue weighted by atomic mass is 19.1. The van der Waals surface area contributed by atoms with Crippen molar-refractivity contribution in [2.45, 2.75) is 19.9 Å². The number of carbonyl (C=O) groups excluding carboxylic acids is 2. The second-order valence-electron chi connectivity index (χ2n) is 7.39. The number of carboxylic acid groups (broad SMARTS) is 1. The number of nitrogens with one attached hydrogen (secondary N) is 3. The Hall–Kier alpha value is -4.28. The van der Waals surface area contributed by atoms with Crippen LogP contribution in [0.25, 0.3) is 11.3 Å². The summed E-state index contributed by atoms with van der Waals surface area (Å²) in [6.07, 6.45) is 0. The number of amides is 3. The van der Waals surface area contributed by atoms with Crippen LogP contribution < -0.4 is 16.0 Å². The average molecular weight is 458 g/mol. The summed E-state index contributed by atoms with van der Waals surface area (Å²) in [5.41, 5.74) is 0.920. The first-order valence-corrected chi connectivity index (χ1v) is 9.78. The van der Waals surface area contributed by atoms with Crippen LogP contribution in [0.1, 0.15) is 24.4 Å². The predicted molar refractivity (Wildman–Crippen MR) is 115 cm³/mol. The minimum Gasteiger partial charge on any atom is -0.480 e. The van der Waals surface area contributed by atoms with Crippen molar-refractivity contribution < 1.29 is 32.8 Å². The van der Waals surface area contributed by atoms with Crippen LogP contribution in [-0.2, 0) is 4.79 Å². The van der Waals surface area contributed by atoms with Gasteiger partial charge in [0, 0.05) is 23.4 Å². The van der Waals surface area contributed by atoms with Gasteiger partial charge in [-0.2, -0.15) is 0 Å². The summed E-state index contributed by atoms with van der Waals surface area (Å²) in [5, 5.41) is 20.1. The molecule has 0 saturated heterocycles. The van der Waals surface area contributed by atoms with Gasteiger partial charge in [0.2, 0.25) is 5.76 Å². The average Bonchev–Trinajstić information content (AvgIpc) is 3.25. The van der Waals surface area contributed by atoms with Gasteiger partial charge in [-0.1, -0.05) is 31.1 Å². The number of rotatable bonds is 7. The van der Waals surface area contributed by atoms with E-state index < -0.39 is 35.6 Å². The highest BCUT2D eigenvalue weighted by molar-refractivity contribution is 6.00. The van der Waals surface area contributed by atoms with Crippen molar-refractivity contribution >= 4 is 29.3 Å². The van der Waals surface area contributed by atoms with Gasteiger partial charge in [-0.3, -0.25) is 4.79 Å². The number of aliphatic carboxylic acids is 1. The lowest BCUT2D eigenvalue weighted by Gasteiger charge is -2.16. The number of nitrogens with zero attached hydrogens (tertiary/aromatic N) is 1. The maximum Gasteiger partial charge on any atom is 0.326 e. The monoisotopic (exact) mass is 458 g/mol. The molecule has 4 N–H and O–H groups in total. The highest BCUT2D eigenvalue weighted by Gasteiger charge is 2.26. The van der Waals surface area contributed by atoms with Crippen LogP contribution in [0.2, 0.25) is 0 Å². The molecule has 0 aliphatic carbocycles. The van der Waals surface area contributed by atoms with Crippen molar-refractivity contribution in [1.82, 2.24) is 10.5 Å². The molecule has 0 fully saturated rings. The van der Waals surface area contributed by atoms with Crippen LogP contribution in [0.5, 0.6) is 0 Å². The molecule has 172 valence electrons. The number of halogens is 2. The third kappa shape index (κ3) is 5.91. The summed E-state index contributed by atoms with van der Waals surface area (Å²) < 4.78 is 31.9. The maximum atomic E-state index is 13.6. The van der Waals surface area contributed by atoms with E-state index in [2.05, 4.69) is 21.1 Å². The van der Waals surface area contributed by atoms with Crippen molar-refractivity contribution in [2.75, 3.05) is 10.6 Å². The third-order valence-electron chi connectivity index (χ3n) is 4.57. The summed E-state index contributed by atoms with van der Waals surface area (Å²) in [6.45, 7) is 3.32. The lowest BCUT2D eigenvalue weighted by Crippen LogP contribution is -2.44. The molecule has 33 heavy (non-hydrogen) atoms. The smallest absolute Gasteiger partial charge is 0.326 e. The molecule has 1 aromatic heterocycles. The summed E-state index contributed by atoms with van der Waals surface area (Å²) in [4.78, 5) is 35.5. The number of hydrogen-bond acceptors (Lipinski definition) is 5. The Morgan fingerprint density at radius 2 is 1.70 bits per heavy atom. The Morgan fingerprint density at radius 3 is 2.33 bits per heavy atom. The van der Waals surface area contributed by atoms with Gasteiger partial charge >= 0.3 is 12.0 Å². The number of carboxylic acids is 1. The molecule has 1 heterocycles. The van der Waals surface area contributed by atoms with Gasteiger partial charge in [0.25, 0.3) is 5.91 Å². The van der Waals surface area contributed by atoms with Crippen LogP contribution in [0, 0.1) is 17.6 Å². The molecule has 3 rings (SSSR count). The minimum absolute atomic E-state index is 0.157.